The zero-order valence-electron chi connectivity index (χ0n) is 10.6. The normalized spacial score (nSPS) is 23.7. The highest BCUT2D eigenvalue weighted by Gasteiger charge is 2.28. The van der Waals surface area contributed by atoms with E-state index in [1.807, 2.05) is 4.90 Å². The average molecular weight is 258 g/mol. The second kappa shape index (κ2) is 6.50. The monoisotopic (exact) mass is 258 g/mol. The molecule has 0 atom stereocenters. The number of nitrogens with zero attached hydrogens (tertiary/aromatic N) is 2. The van der Waals surface area contributed by atoms with Gasteiger partial charge in [-0.1, -0.05) is 6.42 Å². The molecule has 0 aromatic rings. The molecule has 2 heterocycles. The zero-order valence-corrected chi connectivity index (χ0v) is 11.4. The van der Waals surface area contributed by atoms with Crippen molar-refractivity contribution in [1.29, 1.82) is 0 Å². The van der Waals surface area contributed by atoms with E-state index in [-0.39, 0.29) is 6.09 Å². The summed E-state index contributed by atoms with van der Waals surface area (Å²) in [6, 6.07) is 0.689. The van der Waals surface area contributed by atoms with Gasteiger partial charge >= 0.3 is 6.09 Å². The summed E-state index contributed by atoms with van der Waals surface area (Å²) in [7, 11) is 0. The van der Waals surface area contributed by atoms with E-state index in [9.17, 15) is 4.79 Å². The van der Waals surface area contributed by atoms with Gasteiger partial charge in [-0.2, -0.15) is 0 Å². The van der Waals surface area contributed by atoms with Gasteiger partial charge in [0.1, 0.15) is 0 Å². The maximum Gasteiger partial charge on any atom is 0.421 e. The minimum Gasteiger partial charge on any atom is -0.375 e. The molecule has 0 bridgehead atoms. The second-order valence-electron chi connectivity index (χ2n) is 4.83. The summed E-state index contributed by atoms with van der Waals surface area (Å²) in [5, 5.41) is 0. The first-order chi connectivity index (χ1) is 8.31. The van der Waals surface area contributed by atoms with Crippen LogP contribution >= 0.6 is 12.0 Å². The SMILES string of the molecule is CSOC(=O)N1CCC(N2CCCCC2)CC1. The van der Waals surface area contributed by atoms with Crippen LogP contribution < -0.4 is 0 Å². The van der Waals surface area contributed by atoms with E-state index >= 15 is 0 Å². The molecule has 0 radical (unpaired) electrons. The van der Waals surface area contributed by atoms with Gasteiger partial charge in [-0.3, -0.25) is 0 Å². The lowest BCUT2D eigenvalue weighted by atomic mass is 10.0. The van der Waals surface area contributed by atoms with E-state index in [1.54, 1.807) is 6.26 Å². The fourth-order valence-electron chi connectivity index (χ4n) is 2.82. The number of piperidine rings is 2. The summed E-state index contributed by atoms with van der Waals surface area (Å²) < 4.78 is 4.95. The smallest absolute Gasteiger partial charge is 0.375 e. The Hall–Kier alpha value is -0.420. The summed E-state index contributed by atoms with van der Waals surface area (Å²) in [6.45, 7) is 4.20. The van der Waals surface area contributed by atoms with Gasteiger partial charge in [-0.05, 0) is 38.8 Å². The Morgan fingerprint density at radius 1 is 1.12 bits per heavy atom. The van der Waals surface area contributed by atoms with Crippen LogP contribution in [-0.2, 0) is 4.18 Å². The molecule has 2 rings (SSSR count). The zero-order chi connectivity index (χ0) is 12.1. The van der Waals surface area contributed by atoms with E-state index in [0.717, 1.165) is 38.0 Å². The van der Waals surface area contributed by atoms with Crippen molar-refractivity contribution in [2.75, 3.05) is 32.4 Å². The van der Waals surface area contributed by atoms with Crippen LogP contribution in [0.15, 0.2) is 0 Å². The van der Waals surface area contributed by atoms with Gasteiger partial charge in [-0.15, -0.1) is 0 Å². The highest BCUT2D eigenvalue weighted by atomic mass is 32.2. The molecule has 0 spiro atoms. The Balaban J connectivity index is 1.75. The average Bonchev–Trinajstić information content (AvgIpc) is 2.40. The molecule has 0 aromatic heterocycles. The van der Waals surface area contributed by atoms with E-state index < -0.39 is 0 Å². The molecule has 98 valence electrons. The minimum absolute atomic E-state index is 0.172. The summed E-state index contributed by atoms with van der Waals surface area (Å²) >= 11 is 1.13. The van der Waals surface area contributed by atoms with Crippen molar-refractivity contribution in [2.24, 2.45) is 0 Å². The van der Waals surface area contributed by atoms with Crippen LogP contribution in [0.5, 0.6) is 0 Å². The Kier molecular flexibility index (Phi) is 4.98. The number of amides is 1. The van der Waals surface area contributed by atoms with Gasteiger partial charge in [-0.25, -0.2) is 4.79 Å². The highest BCUT2D eigenvalue weighted by Crippen LogP contribution is 2.21. The molecule has 0 unspecified atom stereocenters. The van der Waals surface area contributed by atoms with E-state index in [0.29, 0.717) is 6.04 Å². The minimum atomic E-state index is -0.172. The van der Waals surface area contributed by atoms with E-state index in [1.165, 1.54) is 32.4 Å². The number of rotatable bonds is 2. The largest absolute Gasteiger partial charge is 0.421 e. The van der Waals surface area contributed by atoms with Crippen molar-refractivity contribution in [2.45, 2.75) is 38.1 Å². The first kappa shape index (κ1) is 13.0. The van der Waals surface area contributed by atoms with Crippen molar-refractivity contribution in [3.05, 3.63) is 0 Å². The second-order valence-corrected chi connectivity index (χ2v) is 5.33. The van der Waals surface area contributed by atoms with Crippen molar-refractivity contribution in [3.8, 4) is 0 Å². The molecule has 5 heteroatoms. The third-order valence-corrected chi connectivity index (χ3v) is 4.09. The van der Waals surface area contributed by atoms with Crippen LogP contribution in [0.3, 0.4) is 0 Å². The van der Waals surface area contributed by atoms with E-state index in [2.05, 4.69) is 4.90 Å². The Morgan fingerprint density at radius 3 is 2.35 bits per heavy atom. The van der Waals surface area contributed by atoms with Gasteiger partial charge in [0.25, 0.3) is 0 Å². The molecule has 1 amide bonds. The Morgan fingerprint density at radius 2 is 1.76 bits per heavy atom. The quantitative estimate of drug-likeness (QED) is 0.712. The van der Waals surface area contributed by atoms with Gasteiger partial charge in [0.15, 0.2) is 0 Å². The number of likely N-dealkylation sites (tertiary alicyclic amines) is 2. The molecule has 17 heavy (non-hydrogen) atoms. The predicted octanol–water partition coefficient (Wildman–Crippen LogP) is 2.35. The molecule has 0 N–H and O–H groups in total. The van der Waals surface area contributed by atoms with Crippen LogP contribution in [0.1, 0.15) is 32.1 Å². The fourth-order valence-corrected chi connectivity index (χ4v) is 3.07. The number of hydrogen-bond acceptors (Lipinski definition) is 4. The van der Waals surface area contributed by atoms with Gasteiger partial charge in [0.05, 0.1) is 12.0 Å². The first-order valence-corrected chi connectivity index (χ1v) is 7.70. The lowest BCUT2D eigenvalue weighted by Gasteiger charge is -2.39. The highest BCUT2D eigenvalue weighted by molar-refractivity contribution is 7.94. The topological polar surface area (TPSA) is 32.8 Å². The molecular formula is C12H22N2O2S. The lowest BCUT2D eigenvalue weighted by Crippen LogP contribution is -2.48. The standard InChI is InChI=1S/C12H22N2O2S/c1-17-16-12(15)14-9-5-11(6-10-14)13-7-3-2-4-8-13/h11H,2-10H2,1H3. The summed E-state index contributed by atoms with van der Waals surface area (Å²) in [4.78, 5) is 16.0. The lowest BCUT2D eigenvalue weighted by molar-refractivity contribution is 0.0904. The third-order valence-electron chi connectivity index (χ3n) is 3.78. The number of hydrogen-bond donors (Lipinski definition) is 0. The molecule has 2 saturated heterocycles. The molecule has 4 nitrogen and oxygen atoms in total. The predicted molar refractivity (Wildman–Crippen MR) is 70.0 cm³/mol. The molecule has 2 aliphatic rings. The Bertz CT molecular complexity index is 249. The summed E-state index contributed by atoms with van der Waals surface area (Å²) in [5.41, 5.74) is 0. The third kappa shape index (κ3) is 3.52. The van der Waals surface area contributed by atoms with Crippen molar-refractivity contribution >= 4 is 18.1 Å². The van der Waals surface area contributed by atoms with Crippen molar-refractivity contribution < 1.29 is 8.98 Å². The first-order valence-electron chi connectivity index (χ1n) is 6.55. The van der Waals surface area contributed by atoms with E-state index in [4.69, 9.17) is 4.18 Å². The van der Waals surface area contributed by atoms with Crippen LogP contribution in [0.2, 0.25) is 0 Å². The molecular weight excluding hydrogens is 236 g/mol. The fraction of sp³-hybridized carbons (Fsp3) is 0.917. The summed E-state index contributed by atoms with van der Waals surface area (Å²) in [5.74, 6) is 0. The van der Waals surface area contributed by atoms with Crippen molar-refractivity contribution in [3.63, 3.8) is 0 Å². The Labute approximate surface area is 108 Å². The van der Waals surface area contributed by atoms with Crippen LogP contribution in [-0.4, -0.2) is 54.4 Å². The maximum atomic E-state index is 11.6. The van der Waals surface area contributed by atoms with Crippen LogP contribution in [0.4, 0.5) is 4.79 Å². The summed E-state index contributed by atoms with van der Waals surface area (Å²) in [6.07, 6.45) is 7.87. The van der Waals surface area contributed by atoms with Crippen molar-refractivity contribution in [1.82, 2.24) is 9.80 Å². The molecule has 2 aliphatic heterocycles. The van der Waals surface area contributed by atoms with Gasteiger partial charge < -0.3 is 14.0 Å². The molecule has 2 fully saturated rings. The van der Waals surface area contributed by atoms with Crippen LogP contribution in [0, 0.1) is 0 Å². The molecule has 0 aromatic carbocycles. The van der Waals surface area contributed by atoms with Gasteiger partial charge in [0.2, 0.25) is 0 Å². The van der Waals surface area contributed by atoms with Gasteiger partial charge in [0, 0.05) is 25.4 Å². The molecule has 0 aliphatic carbocycles. The maximum absolute atomic E-state index is 11.6. The molecule has 0 saturated carbocycles. The number of carbonyl (C=O) groups excluding carboxylic acids is 1. The van der Waals surface area contributed by atoms with Crippen LogP contribution in [0.25, 0.3) is 0 Å². The number of carbonyl (C=O) groups is 1.